The lowest BCUT2D eigenvalue weighted by atomic mass is 10.1. The molecular weight excluding hydrogens is 296 g/mol. The highest BCUT2D eigenvalue weighted by Gasteiger charge is 2.13. The molecule has 3 aromatic rings. The first-order chi connectivity index (χ1) is 10.6. The fraction of sp³-hybridized carbons (Fsp3) is 0.125. The monoisotopic (exact) mass is 312 g/mol. The zero-order valence-corrected chi connectivity index (χ0v) is 13.2. The van der Waals surface area contributed by atoms with E-state index in [1.807, 2.05) is 33.7 Å². The molecular formula is C16H16N4OS. The third-order valence-corrected chi connectivity index (χ3v) is 4.04. The molecule has 1 aromatic carbocycles. The molecule has 0 aliphatic rings. The van der Waals surface area contributed by atoms with Gasteiger partial charge in [0.25, 0.3) is 5.91 Å². The first-order valence-corrected chi connectivity index (χ1v) is 7.69. The van der Waals surface area contributed by atoms with Gasteiger partial charge in [0.2, 0.25) is 0 Å². The molecule has 0 radical (unpaired) electrons. The topological polar surface area (TPSA) is 64.2 Å². The molecule has 5 nitrogen and oxygen atoms in total. The standard InChI is InChI=1S/C16H16N4OS/c1-19(2)16(21)11-3-4-14(13(17)9-11)20-7-6-18-15(20)12-5-8-22-10-12/h3-10H,17H2,1-2H3. The maximum Gasteiger partial charge on any atom is 0.253 e. The smallest absolute Gasteiger partial charge is 0.253 e. The van der Waals surface area contributed by atoms with Crippen LogP contribution >= 0.6 is 11.3 Å². The quantitative estimate of drug-likeness (QED) is 0.756. The first-order valence-electron chi connectivity index (χ1n) is 6.75. The van der Waals surface area contributed by atoms with Crippen molar-refractivity contribution in [1.82, 2.24) is 14.5 Å². The molecule has 0 aliphatic carbocycles. The Morgan fingerprint density at radius 1 is 1.32 bits per heavy atom. The summed E-state index contributed by atoms with van der Waals surface area (Å²) >= 11 is 1.62. The molecule has 6 heteroatoms. The highest BCUT2D eigenvalue weighted by molar-refractivity contribution is 7.08. The summed E-state index contributed by atoms with van der Waals surface area (Å²) < 4.78 is 1.93. The van der Waals surface area contributed by atoms with E-state index in [1.165, 1.54) is 4.90 Å². The van der Waals surface area contributed by atoms with Gasteiger partial charge in [-0.1, -0.05) is 0 Å². The molecule has 0 saturated carbocycles. The van der Waals surface area contributed by atoms with Crippen molar-refractivity contribution in [3.63, 3.8) is 0 Å². The van der Waals surface area contributed by atoms with Gasteiger partial charge in [-0.2, -0.15) is 11.3 Å². The molecule has 2 aromatic heterocycles. The predicted octanol–water partition coefficient (Wildman–Crippen LogP) is 2.88. The Hall–Kier alpha value is -2.60. The average Bonchev–Trinajstić information content (AvgIpc) is 3.16. The zero-order chi connectivity index (χ0) is 15.7. The Balaban J connectivity index is 2.04. The molecule has 2 N–H and O–H groups in total. The van der Waals surface area contributed by atoms with E-state index < -0.39 is 0 Å². The van der Waals surface area contributed by atoms with Crippen molar-refractivity contribution in [2.24, 2.45) is 0 Å². The minimum Gasteiger partial charge on any atom is -0.397 e. The average molecular weight is 312 g/mol. The van der Waals surface area contributed by atoms with Crippen LogP contribution < -0.4 is 5.73 Å². The summed E-state index contributed by atoms with van der Waals surface area (Å²) in [6, 6.07) is 7.35. The van der Waals surface area contributed by atoms with Crippen LogP contribution in [0.15, 0.2) is 47.4 Å². The minimum absolute atomic E-state index is 0.0676. The van der Waals surface area contributed by atoms with Gasteiger partial charge in [-0.25, -0.2) is 4.98 Å². The number of nitrogen functional groups attached to an aromatic ring is 1. The van der Waals surface area contributed by atoms with Gasteiger partial charge in [-0.3, -0.25) is 9.36 Å². The predicted molar refractivity (Wildman–Crippen MR) is 89.3 cm³/mol. The highest BCUT2D eigenvalue weighted by Crippen LogP contribution is 2.27. The summed E-state index contributed by atoms with van der Waals surface area (Å²) in [5.41, 5.74) is 9.13. The molecule has 0 bridgehead atoms. The molecule has 0 aliphatic heterocycles. The van der Waals surface area contributed by atoms with E-state index in [4.69, 9.17) is 5.73 Å². The lowest BCUT2D eigenvalue weighted by molar-refractivity contribution is 0.0827. The van der Waals surface area contributed by atoms with E-state index in [-0.39, 0.29) is 5.91 Å². The van der Waals surface area contributed by atoms with Crippen LogP contribution in [0.4, 0.5) is 5.69 Å². The number of hydrogen-bond acceptors (Lipinski definition) is 4. The van der Waals surface area contributed by atoms with Crippen LogP contribution in [0.2, 0.25) is 0 Å². The van der Waals surface area contributed by atoms with Crippen LogP contribution in [0.3, 0.4) is 0 Å². The molecule has 0 unspecified atom stereocenters. The van der Waals surface area contributed by atoms with Gasteiger partial charge in [0.1, 0.15) is 5.82 Å². The number of rotatable bonds is 3. The summed E-state index contributed by atoms with van der Waals surface area (Å²) in [4.78, 5) is 17.9. The maximum atomic E-state index is 12.0. The molecule has 22 heavy (non-hydrogen) atoms. The lowest BCUT2D eigenvalue weighted by Gasteiger charge is -2.14. The fourth-order valence-electron chi connectivity index (χ4n) is 2.27. The number of benzene rings is 1. The van der Waals surface area contributed by atoms with Gasteiger partial charge in [0.05, 0.1) is 11.4 Å². The van der Waals surface area contributed by atoms with E-state index >= 15 is 0 Å². The van der Waals surface area contributed by atoms with E-state index in [0.717, 1.165) is 17.1 Å². The maximum absolute atomic E-state index is 12.0. The third kappa shape index (κ3) is 2.48. The molecule has 0 saturated heterocycles. The zero-order valence-electron chi connectivity index (χ0n) is 12.4. The van der Waals surface area contributed by atoms with Crippen LogP contribution in [-0.2, 0) is 0 Å². The van der Waals surface area contributed by atoms with Gasteiger partial charge in [0.15, 0.2) is 0 Å². The Labute approximate surface area is 132 Å². The molecule has 0 fully saturated rings. The Kier molecular flexibility index (Phi) is 3.68. The normalized spacial score (nSPS) is 10.6. The molecule has 2 heterocycles. The SMILES string of the molecule is CN(C)C(=O)c1ccc(-n2ccnc2-c2ccsc2)c(N)c1. The second kappa shape index (κ2) is 5.65. The number of hydrogen-bond donors (Lipinski definition) is 1. The van der Waals surface area contributed by atoms with Gasteiger partial charge in [0, 0.05) is 43.0 Å². The van der Waals surface area contributed by atoms with Crippen LogP contribution in [0.25, 0.3) is 17.1 Å². The van der Waals surface area contributed by atoms with Gasteiger partial charge < -0.3 is 10.6 Å². The van der Waals surface area contributed by atoms with Gasteiger partial charge >= 0.3 is 0 Å². The van der Waals surface area contributed by atoms with Crippen molar-refractivity contribution in [3.8, 4) is 17.1 Å². The number of carbonyl (C=O) groups excluding carboxylic acids is 1. The third-order valence-electron chi connectivity index (χ3n) is 3.36. The molecule has 3 rings (SSSR count). The summed E-state index contributed by atoms with van der Waals surface area (Å²) in [6.07, 6.45) is 3.61. The Morgan fingerprint density at radius 3 is 2.77 bits per heavy atom. The second-order valence-electron chi connectivity index (χ2n) is 5.11. The highest BCUT2D eigenvalue weighted by atomic mass is 32.1. The molecule has 1 amide bonds. The van der Waals surface area contributed by atoms with Gasteiger partial charge in [-0.05, 0) is 29.6 Å². The van der Waals surface area contributed by atoms with Crippen LogP contribution in [0, 0.1) is 0 Å². The molecule has 112 valence electrons. The fourth-order valence-corrected chi connectivity index (χ4v) is 2.90. The van der Waals surface area contributed by atoms with Crippen LogP contribution in [0.5, 0.6) is 0 Å². The number of aromatic nitrogens is 2. The number of nitrogens with two attached hydrogens (primary N) is 1. The number of nitrogens with zero attached hydrogens (tertiary/aromatic N) is 3. The largest absolute Gasteiger partial charge is 0.397 e. The number of thiophene rings is 1. The van der Waals surface area contributed by atoms with Crippen molar-refractivity contribution in [2.75, 3.05) is 19.8 Å². The minimum atomic E-state index is -0.0676. The second-order valence-corrected chi connectivity index (χ2v) is 5.89. The van der Waals surface area contributed by atoms with Crippen LogP contribution in [0.1, 0.15) is 10.4 Å². The molecule has 0 spiro atoms. The number of anilines is 1. The van der Waals surface area contributed by atoms with Crippen LogP contribution in [-0.4, -0.2) is 34.5 Å². The van der Waals surface area contributed by atoms with Crippen molar-refractivity contribution in [1.29, 1.82) is 0 Å². The summed E-state index contributed by atoms with van der Waals surface area (Å²) in [5, 5.41) is 4.05. The first kappa shape index (κ1) is 14.3. The van der Waals surface area contributed by atoms with Gasteiger partial charge in [-0.15, -0.1) is 0 Å². The van der Waals surface area contributed by atoms with E-state index in [0.29, 0.717) is 11.3 Å². The van der Waals surface area contributed by atoms with Crippen molar-refractivity contribution in [2.45, 2.75) is 0 Å². The number of imidazole rings is 1. The summed E-state index contributed by atoms with van der Waals surface area (Å²) in [6.45, 7) is 0. The van der Waals surface area contributed by atoms with Crippen molar-refractivity contribution >= 4 is 22.9 Å². The van der Waals surface area contributed by atoms with E-state index in [9.17, 15) is 4.79 Å². The molecule has 0 atom stereocenters. The Morgan fingerprint density at radius 2 is 2.14 bits per heavy atom. The van der Waals surface area contributed by atoms with Crippen molar-refractivity contribution in [3.05, 3.63) is 53.0 Å². The Bertz CT molecular complexity index is 805. The summed E-state index contributed by atoms with van der Waals surface area (Å²) in [7, 11) is 3.44. The van der Waals surface area contributed by atoms with Crippen molar-refractivity contribution < 1.29 is 4.79 Å². The number of carbonyl (C=O) groups is 1. The number of amides is 1. The lowest BCUT2D eigenvalue weighted by Crippen LogP contribution is -2.21. The van der Waals surface area contributed by atoms with E-state index in [2.05, 4.69) is 4.98 Å². The summed E-state index contributed by atoms with van der Waals surface area (Å²) in [5.74, 6) is 0.765. The van der Waals surface area contributed by atoms with E-state index in [1.54, 1.807) is 43.8 Å².